The molecule has 5 aromatic carbocycles. The van der Waals surface area contributed by atoms with Gasteiger partial charge in [-0.15, -0.1) is 0 Å². The highest BCUT2D eigenvalue weighted by molar-refractivity contribution is 6.05. The van der Waals surface area contributed by atoms with E-state index in [1.807, 2.05) is 48.5 Å². The number of phenolic OH excluding ortho intramolecular Hbond substituents is 1. The van der Waals surface area contributed by atoms with Gasteiger partial charge in [-0.05, 0) is 58.3 Å². The maximum absolute atomic E-state index is 13.2. The van der Waals surface area contributed by atoms with Gasteiger partial charge in [0, 0.05) is 11.1 Å². The molecule has 1 aromatic heterocycles. The Labute approximate surface area is 232 Å². The minimum absolute atomic E-state index is 0.00905. The Hall–Kier alpha value is -5.37. The number of amides is 1. The molecule has 0 aliphatic heterocycles. The molecule has 0 bridgehead atoms. The molecule has 6 aromatic rings. The van der Waals surface area contributed by atoms with E-state index < -0.39 is 17.6 Å². The number of hydrogen-bond acceptors (Lipinski definition) is 4. The van der Waals surface area contributed by atoms with Crippen molar-refractivity contribution >= 4 is 22.6 Å². The summed E-state index contributed by atoms with van der Waals surface area (Å²) < 4.78 is 45.4. The van der Waals surface area contributed by atoms with E-state index in [2.05, 4.69) is 10.3 Å². The smallest absolute Gasteiger partial charge is 0.416 e. The number of hydrogen-bond donors (Lipinski definition) is 2. The molecule has 41 heavy (non-hydrogen) atoms. The summed E-state index contributed by atoms with van der Waals surface area (Å²) in [7, 11) is 0. The molecule has 0 unspecified atom stereocenters. The predicted molar refractivity (Wildman–Crippen MR) is 151 cm³/mol. The molecule has 2 N–H and O–H groups in total. The quantitative estimate of drug-likeness (QED) is 0.225. The second kappa shape index (κ2) is 10.3. The Morgan fingerprint density at radius 3 is 2.17 bits per heavy atom. The highest BCUT2D eigenvalue weighted by Gasteiger charge is 2.30. The molecule has 1 amide bonds. The van der Waals surface area contributed by atoms with Gasteiger partial charge in [0.2, 0.25) is 11.8 Å². The van der Waals surface area contributed by atoms with E-state index in [1.54, 1.807) is 42.5 Å². The number of benzene rings is 5. The second-order valence-corrected chi connectivity index (χ2v) is 9.35. The molecule has 1 heterocycles. The van der Waals surface area contributed by atoms with E-state index in [0.717, 1.165) is 34.0 Å². The van der Waals surface area contributed by atoms with E-state index in [-0.39, 0.29) is 28.8 Å². The van der Waals surface area contributed by atoms with Crippen LogP contribution in [0.15, 0.2) is 120 Å². The number of anilines is 1. The van der Waals surface area contributed by atoms with Gasteiger partial charge < -0.3 is 9.52 Å². The molecule has 0 saturated carbocycles. The van der Waals surface area contributed by atoms with Gasteiger partial charge in [0.1, 0.15) is 11.4 Å². The molecular weight excluding hydrogens is 529 g/mol. The Bertz CT molecular complexity index is 1870. The normalized spacial score (nSPS) is 11.5. The van der Waals surface area contributed by atoms with E-state index in [4.69, 9.17) is 4.42 Å². The number of fused-ring (bicyclic) bond motifs is 1. The molecule has 8 heteroatoms. The molecule has 0 aliphatic rings. The van der Waals surface area contributed by atoms with Crippen LogP contribution in [0.5, 0.6) is 5.75 Å². The van der Waals surface area contributed by atoms with Crippen molar-refractivity contribution in [3.63, 3.8) is 0 Å². The average molecular weight is 551 g/mol. The number of phenols is 1. The first-order chi connectivity index (χ1) is 19.8. The summed E-state index contributed by atoms with van der Waals surface area (Å²) in [4.78, 5) is 17.4. The minimum atomic E-state index is -4.50. The molecule has 0 radical (unpaired) electrons. The minimum Gasteiger partial charge on any atom is -0.507 e. The second-order valence-electron chi connectivity index (χ2n) is 9.35. The third-order valence-electron chi connectivity index (χ3n) is 6.70. The maximum Gasteiger partial charge on any atom is 0.416 e. The number of oxazole rings is 1. The van der Waals surface area contributed by atoms with Crippen LogP contribution in [0, 0.1) is 0 Å². The van der Waals surface area contributed by atoms with Crippen LogP contribution in [0.1, 0.15) is 15.9 Å². The number of carbonyl (C=O) groups excluding carboxylic acids is 1. The van der Waals surface area contributed by atoms with Gasteiger partial charge in [-0.3, -0.25) is 10.1 Å². The number of rotatable bonds is 5. The Balaban J connectivity index is 1.41. The number of alkyl halides is 3. The largest absolute Gasteiger partial charge is 0.507 e. The van der Waals surface area contributed by atoms with Crippen molar-refractivity contribution in [2.24, 2.45) is 0 Å². The number of nitrogens with zero attached hydrogens (tertiary/aromatic N) is 1. The standard InChI is InChI=1S/C33H21F3N2O3/c34-33(35,36)24-16-13-21(14-17-24)29-32(38-30(40)22-8-2-1-3-9-22)41-31(37-29)27-18-15-23(19-28(27)39)26-12-6-10-20-7-4-5-11-25(20)26/h1-19,39H,(H,38,40). The van der Waals surface area contributed by atoms with Gasteiger partial charge in [-0.1, -0.05) is 78.9 Å². The van der Waals surface area contributed by atoms with Crippen LogP contribution in [0.25, 0.3) is 44.6 Å². The van der Waals surface area contributed by atoms with Crippen LogP contribution in [-0.2, 0) is 6.18 Å². The summed E-state index contributed by atoms with van der Waals surface area (Å²) in [6, 6.07) is 31.7. The number of nitrogens with one attached hydrogen (secondary N) is 1. The first-order valence-electron chi connectivity index (χ1n) is 12.6. The van der Waals surface area contributed by atoms with Crippen molar-refractivity contribution in [2.75, 3.05) is 5.32 Å². The molecule has 5 nitrogen and oxygen atoms in total. The van der Waals surface area contributed by atoms with Gasteiger partial charge in [-0.2, -0.15) is 13.2 Å². The zero-order valence-corrected chi connectivity index (χ0v) is 21.3. The van der Waals surface area contributed by atoms with Gasteiger partial charge in [0.25, 0.3) is 5.91 Å². The first kappa shape index (κ1) is 25.9. The topological polar surface area (TPSA) is 75.4 Å². The van der Waals surface area contributed by atoms with E-state index in [9.17, 15) is 23.1 Å². The SMILES string of the molecule is O=C(Nc1oc(-c2ccc(-c3cccc4ccccc34)cc2O)nc1-c1ccc(C(F)(F)F)cc1)c1ccccc1. The Kier molecular flexibility index (Phi) is 6.51. The van der Waals surface area contributed by atoms with Crippen molar-refractivity contribution in [1.82, 2.24) is 4.98 Å². The summed E-state index contributed by atoms with van der Waals surface area (Å²) >= 11 is 0. The van der Waals surface area contributed by atoms with E-state index in [1.165, 1.54) is 12.1 Å². The van der Waals surface area contributed by atoms with Crippen LogP contribution < -0.4 is 5.32 Å². The summed E-state index contributed by atoms with van der Waals surface area (Å²) in [6.45, 7) is 0. The third kappa shape index (κ3) is 5.15. The molecule has 0 saturated heterocycles. The van der Waals surface area contributed by atoms with E-state index in [0.29, 0.717) is 11.1 Å². The van der Waals surface area contributed by atoms with Crippen LogP contribution in [-0.4, -0.2) is 16.0 Å². The molecule has 0 spiro atoms. The lowest BCUT2D eigenvalue weighted by atomic mass is 9.97. The first-order valence-corrected chi connectivity index (χ1v) is 12.6. The van der Waals surface area contributed by atoms with Crippen molar-refractivity contribution < 1.29 is 27.5 Å². The van der Waals surface area contributed by atoms with Crippen LogP contribution in [0.3, 0.4) is 0 Å². The predicted octanol–water partition coefficient (Wildman–Crippen LogP) is 8.81. The zero-order valence-electron chi connectivity index (χ0n) is 21.3. The number of aromatic hydroxyl groups is 1. The fourth-order valence-corrected chi connectivity index (χ4v) is 4.65. The van der Waals surface area contributed by atoms with Crippen molar-refractivity contribution in [2.45, 2.75) is 6.18 Å². The zero-order chi connectivity index (χ0) is 28.6. The van der Waals surface area contributed by atoms with Crippen LogP contribution in [0.4, 0.5) is 19.1 Å². The Morgan fingerprint density at radius 1 is 0.756 bits per heavy atom. The van der Waals surface area contributed by atoms with E-state index >= 15 is 0 Å². The van der Waals surface area contributed by atoms with Crippen molar-refractivity contribution in [1.29, 1.82) is 0 Å². The molecule has 6 rings (SSSR count). The number of halogens is 3. The van der Waals surface area contributed by atoms with Crippen LogP contribution >= 0.6 is 0 Å². The summed E-state index contributed by atoms with van der Waals surface area (Å²) in [5.74, 6) is -0.676. The molecule has 0 atom stereocenters. The van der Waals surface area contributed by atoms with Gasteiger partial charge >= 0.3 is 6.18 Å². The summed E-state index contributed by atoms with van der Waals surface area (Å²) in [6.07, 6.45) is -4.50. The summed E-state index contributed by atoms with van der Waals surface area (Å²) in [5, 5.41) is 15.8. The van der Waals surface area contributed by atoms with Gasteiger partial charge in [-0.25, -0.2) is 4.98 Å². The summed E-state index contributed by atoms with van der Waals surface area (Å²) in [5.41, 5.74) is 1.91. The lowest BCUT2D eigenvalue weighted by Crippen LogP contribution is -2.11. The fraction of sp³-hybridized carbons (Fsp3) is 0.0303. The van der Waals surface area contributed by atoms with Crippen molar-refractivity contribution in [3.8, 4) is 39.6 Å². The lowest BCUT2D eigenvalue weighted by Gasteiger charge is -2.09. The van der Waals surface area contributed by atoms with Crippen LogP contribution in [0.2, 0.25) is 0 Å². The maximum atomic E-state index is 13.2. The Morgan fingerprint density at radius 2 is 1.44 bits per heavy atom. The lowest BCUT2D eigenvalue weighted by molar-refractivity contribution is -0.137. The highest BCUT2D eigenvalue weighted by Crippen LogP contribution is 2.40. The van der Waals surface area contributed by atoms with Gasteiger partial charge in [0.15, 0.2) is 0 Å². The monoisotopic (exact) mass is 550 g/mol. The molecular formula is C33H21F3N2O3. The third-order valence-corrected chi connectivity index (χ3v) is 6.70. The molecule has 0 fully saturated rings. The number of carbonyl (C=O) groups is 1. The highest BCUT2D eigenvalue weighted by atomic mass is 19.4. The molecule has 0 aliphatic carbocycles. The fourth-order valence-electron chi connectivity index (χ4n) is 4.65. The van der Waals surface area contributed by atoms with Crippen molar-refractivity contribution in [3.05, 3.63) is 126 Å². The average Bonchev–Trinajstić information content (AvgIpc) is 3.40. The number of aromatic nitrogens is 1. The molecule has 202 valence electrons. The van der Waals surface area contributed by atoms with Gasteiger partial charge in [0.05, 0.1) is 11.1 Å².